The molecule has 0 saturated carbocycles. The Kier molecular flexibility index (Phi) is 6.16. The fourth-order valence-electron chi connectivity index (χ4n) is 2.83. The summed E-state index contributed by atoms with van der Waals surface area (Å²) in [5.74, 6) is 0.624. The maximum atomic E-state index is 12.4. The largest absolute Gasteiger partial charge is 0.352 e. The van der Waals surface area contributed by atoms with Crippen LogP contribution in [0.3, 0.4) is 0 Å². The van der Waals surface area contributed by atoms with Gasteiger partial charge in [0, 0.05) is 36.4 Å². The molecule has 2 N–H and O–H groups in total. The molecule has 0 fully saturated rings. The highest BCUT2D eigenvalue weighted by Gasteiger charge is 2.11. The van der Waals surface area contributed by atoms with Crippen molar-refractivity contribution in [1.29, 1.82) is 0 Å². The smallest absolute Gasteiger partial charge is 0.252 e. The predicted octanol–water partition coefficient (Wildman–Crippen LogP) is 2.83. The quantitative estimate of drug-likeness (QED) is 0.618. The van der Waals surface area contributed by atoms with Crippen molar-refractivity contribution in [3.05, 3.63) is 53.7 Å². The zero-order valence-corrected chi connectivity index (χ0v) is 16.8. The first-order valence-corrected chi connectivity index (χ1v) is 9.32. The number of H-pyrrole nitrogens is 1. The highest BCUT2D eigenvalue weighted by molar-refractivity contribution is 5.95. The Morgan fingerprint density at radius 2 is 2.00 bits per heavy atom. The van der Waals surface area contributed by atoms with E-state index in [1.54, 1.807) is 18.6 Å². The lowest BCUT2D eigenvalue weighted by atomic mass is 10.1. The molecular formula is C21H26N6O. The Labute approximate surface area is 165 Å². The predicted molar refractivity (Wildman–Crippen MR) is 110 cm³/mol. The first-order valence-electron chi connectivity index (χ1n) is 9.32. The van der Waals surface area contributed by atoms with E-state index in [1.807, 2.05) is 46.1 Å². The van der Waals surface area contributed by atoms with Gasteiger partial charge in [0.15, 0.2) is 5.82 Å². The zero-order chi connectivity index (χ0) is 20.1. The maximum Gasteiger partial charge on any atom is 0.252 e. The first-order chi connectivity index (χ1) is 13.4. The summed E-state index contributed by atoms with van der Waals surface area (Å²) in [6.07, 6.45) is 5.99. The second-order valence-electron chi connectivity index (χ2n) is 7.10. The monoisotopic (exact) mass is 378 g/mol. The van der Waals surface area contributed by atoms with Crippen LogP contribution in [0, 0.1) is 13.8 Å². The Morgan fingerprint density at radius 3 is 2.71 bits per heavy atom. The molecule has 0 radical (unpaired) electrons. The number of aromatic nitrogens is 4. The van der Waals surface area contributed by atoms with Crippen molar-refractivity contribution in [3.63, 3.8) is 0 Å². The van der Waals surface area contributed by atoms with Gasteiger partial charge in [0.2, 0.25) is 0 Å². The number of rotatable bonds is 7. The minimum absolute atomic E-state index is 0.111. The maximum absolute atomic E-state index is 12.4. The molecule has 0 aliphatic rings. The third-order valence-corrected chi connectivity index (χ3v) is 4.53. The lowest BCUT2D eigenvalue weighted by Crippen LogP contribution is -2.27. The molecule has 0 unspecified atom stereocenters. The zero-order valence-electron chi connectivity index (χ0n) is 16.8. The lowest BCUT2D eigenvalue weighted by molar-refractivity contribution is 0.0952. The van der Waals surface area contributed by atoms with Crippen LogP contribution >= 0.6 is 0 Å². The van der Waals surface area contributed by atoms with Gasteiger partial charge in [-0.05, 0) is 64.7 Å². The molecule has 3 aromatic rings. The van der Waals surface area contributed by atoms with Crippen LogP contribution in [0.2, 0.25) is 0 Å². The molecule has 28 heavy (non-hydrogen) atoms. The highest BCUT2D eigenvalue weighted by atomic mass is 16.1. The molecule has 0 spiro atoms. The number of nitrogens with zero attached hydrogens (tertiary/aromatic N) is 4. The fraction of sp³-hybridized carbons (Fsp3) is 0.333. The van der Waals surface area contributed by atoms with Crippen molar-refractivity contribution >= 4 is 5.91 Å². The number of hydrogen-bond donors (Lipinski definition) is 2. The van der Waals surface area contributed by atoms with Crippen molar-refractivity contribution in [2.24, 2.45) is 0 Å². The van der Waals surface area contributed by atoms with E-state index in [9.17, 15) is 4.79 Å². The topological polar surface area (TPSA) is 86.8 Å². The van der Waals surface area contributed by atoms with Crippen LogP contribution in [-0.2, 0) is 0 Å². The van der Waals surface area contributed by atoms with E-state index in [0.29, 0.717) is 12.1 Å². The summed E-state index contributed by atoms with van der Waals surface area (Å²) in [5, 5.41) is 2.95. The lowest BCUT2D eigenvalue weighted by Gasteiger charge is -2.10. The van der Waals surface area contributed by atoms with E-state index in [2.05, 4.69) is 30.2 Å². The molecule has 1 amide bonds. The number of hydrogen-bond acceptors (Lipinski definition) is 5. The average Bonchev–Trinajstić information content (AvgIpc) is 3.04. The van der Waals surface area contributed by atoms with Crippen molar-refractivity contribution in [1.82, 2.24) is 30.2 Å². The van der Waals surface area contributed by atoms with Gasteiger partial charge in [-0.3, -0.25) is 14.8 Å². The van der Waals surface area contributed by atoms with Gasteiger partial charge in [0.05, 0.1) is 11.3 Å². The van der Waals surface area contributed by atoms with E-state index in [4.69, 9.17) is 0 Å². The van der Waals surface area contributed by atoms with Gasteiger partial charge in [-0.1, -0.05) is 0 Å². The molecule has 0 bridgehead atoms. The van der Waals surface area contributed by atoms with Gasteiger partial charge in [0.25, 0.3) is 5.91 Å². The summed E-state index contributed by atoms with van der Waals surface area (Å²) < 4.78 is 0. The molecule has 3 aromatic heterocycles. The normalized spacial score (nSPS) is 11.0. The van der Waals surface area contributed by atoms with Gasteiger partial charge in [-0.15, -0.1) is 0 Å². The van der Waals surface area contributed by atoms with Gasteiger partial charge >= 0.3 is 0 Å². The molecule has 146 valence electrons. The van der Waals surface area contributed by atoms with Gasteiger partial charge in [0.1, 0.15) is 5.69 Å². The molecule has 0 aliphatic carbocycles. The second-order valence-corrected chi connectivity index (χ2v) is 7.10. The molecular weight excluding hydrogens is 352 g/mol. The number of imidazole rings is 1. The summed E-state index contributed by atoms with van der Waals surface area (Å²) in [7, 11) is 4.03. The number of carbonyl (C=O) groups is 1. The number of nitrogens with one attached hydrogen (secondary N) is 2. The molecule has 7 heteroatoms. The van der Waals surface area contributed by atoms with Crippen LogP contribution in [0.5, 0.6) is 0 Å². The number of pyridine rings is 2. The number of aromatic amines is 1. The fourth-order valence-corrected chi connectivity index (χ4v) is 2.83. The van der Waals surface area contributed by atoms with Crippen LogP contribution in [0.4, 0.5) is 0 Å². The van der Waals surface area contributed by atoms with Gasteiger partial charge in [-0.2, -0.15) is 0 Å². The second kappa shape index (κ2) is 8.75. The molecule has 0 aliphatic heterocycles. The van der Waals surface area contributed by atoms with Crippen LogP contribution in [0.15, 0.2) is 36.8 Å². The Bertz CT molecular complexity index is 944. The Morgan fingerprint density at radius 1 is 1.18 bits per heavy atom. The first kappa shape index (κ1) is 19.7. The van der Waals surface area contributed by atoms with Crippen molar-refractivity contribution in [2.45, 2.75) is 20.3 Å². The minimum Gasteiger partial charge on any atom is -0.352 e. The van der Waals surface area contributed by atoms with Crippen molar-refractivity contribution in [2.75, 3.05) is 27.2 Å². The third kappa shape index (κ3) is 4.80. The molecule has 7 nitrogen and oxygen atoms in total. The van der Waals surface area contributed by atoms with E-state index in [1.165, 1.54) is 0 Å². The Balaban J connectivity index is 1.76. The summed E-state index contributed by atoms with van der Waals surface area (Å²) in [6.45, 7) is 5.52. The molecule has 3 heterocycles. The van der Waals surface area contributed by atoms with Crippen LogP contribution in [0.1, 0.15) is 28.2 Å². The van der Waals surface area contributed by atoms with E-state index >= 15 is 0 Å². The summed E-state index contributed by atoms with van der Waals surface area (Å²) in [5.41, 5.74) is 5.09. The molecule has 0 atom stereocenters. The van der Waals surface area contributed by atoms with Crippen molar-refractivity contribution in [3.8, 4) is 22.6 Å². The average molecular weight is 378 g/mol. The number of aryl methyl sites for hydroxylation is 2. The van der Waals surface area contributed by atoms with Crippen LogP contribution < -0.4 is 5.32 Å². The van der Waals surface area contributed by atoms with Crippen LogP contribution in [-0.4, -0.2) is 57.9 Å². The molecule has 3 rings (SSSR count). The number of carbonyl (C=O) groups excluding carboxylic acids is 1. The van der Waals surface area contributed by atoms with E-state index in [-0.39, 0.29) is 5.91 Å². The molecule has 0 saturated heterocycles. The summed E-state index contributed by atoms with van der Waals surface area (Å²) >= 11 is 0. The van der Waals surface area contributed by atoms with E-state index < -0.39 is 0 Å². The van der Waals surface area contributed by atoms with Gasteiger partial charge < -0.3 is 15.2 Å². The highest BCUT2D eigenvalue weighted by Crippen LogP contribution is 2.24. The van der Waals surface area contributed by atoms with Crippen molar-refractivity contribution < 1.29 is 4.79 Å². The van der Waals surface area contributed by atoms with E-state index in [0.717, 1.165) is 47.0 Å². The SMILES string of the molecule is Cc1nc(-c2cc(-c3cncc(C(=O)NCCCN(C)C)c3)ccn2)[nH]c1C. The Hall–Kier alpha value is -3.06. The standard InChI is InChI=1S/C21H26N6O/c1-14-15(2)26-20(25-14)19-11-16(6-8-23-19)17-10-18(13-22-12-17)21(28)24-7-5-9-27(3)4/h6,8,10-13H,5,7,9H2,1-4H3,(H,24,28)(H,25,26). The summed E-state index contributed by atoms with van der Waals surface area (Å²) in [4.78, 5) is 30.9. The third-order valence-electron chi connectivity index (χ3n) is 4.53. The van der Waals surface area contributed by atoms with Gasteiger partial charge in [-0.25, -0.2) is 4.98 Å². The molecule has 0 aromatic carbocycles. The van der Waals surface area contributed by atoms with Crippen LogP contribution in [0.25, 0.3) is 22.6 Å². The minimum atomic E-state index is -0.111. The summed E-state index contributed by atoms with van der Waals surface area (Å²) in [6, 6.07) is 5.71. The number of amides is 1.